The zero-order valence-electron chi connectivity index (χ0n) is 9.06. The molecular weight excluding hydrogens is 214 g/mol. The van der Waals surface area contributed by atoms with Gasteiger partial charge in [-0.15, -0.1) is 0 Å². The van der Waals surface area contributed by atoms with E-state index in [0.717, 1.165) is 11.6 Å². The Hall–Kier alpha value is -2.56. The Kier molecular flexibility index (Phi) is 2.34. The average molecular weight is 225 g/mol. The van der Waals surface area contributed by atoms with E-state index >= 15 is 0 Å². The minimum absolute atomic E-state index is 0.766. The third-order valence-corrected chi connectivity index (χ3v) is 2.45. The third-order valence-electron chi connectivity index (χ3n) is 2.45. The van der Waals surface area contributed by atoms with Gasteiger partial charge in [-0.1, -0.05) is 17.2 Å². The van der Waals surface area contributed by atoms with Crippen molar-refractivity contribution in [1.82, 2.24) is 15.4 Å². The first-order valence-corrected chi connectivity index (χ1v) is 5.29. The number of aromatic amines is 1. The molecule has 0 bridgehead atoms. The van der Waals surface area contributed by atoms with Gasteiger partial charge in [0.1, 0.15) is 10.3 Å². The Labute approximate surface area is 98.0 Å². The second-order valence-electron chi connectivity index (χ2n) is 3.55. The van der Waals surface area contributed by atoms with Gasteiger partial charge in [-0.2, -0.15) is 9.13 Å². The summed E-state index contributed by atoms with van der Waals surface area (Å²) in [5, 5.41) is 10.9. The van der Waals surface area contributed by atoms with Crippen molar-refractivity contribution in [3.05, 3.63) is 61.2 Å². The number of nitrogens with zero attached hydrogens (tertiary/aromatic N) is 4. The molecule has 0 aromatic carbocycles. The SMILES string of the molecule is c1cc[n+](-c2nn[nH]c2-[n+]2ccccc2)cc1. The van der Waals surface area contributed by atoms with Gasteiger partial charge in [0.15, 0.2) is 0 Å². The molecule has 0 atom stereocenters. The lowest BCUT2D eigenvalue weighted by Crippen LogP contribution is -2.38. The molecule has 0 saturated carbocycles. The first-order valence-electron chi connectivity index (χ1n) is 5.29. The second kappa shape index (κ2) is 4.13. The number of pyridine rings is 2. The Bertz CT molecular complexity index is 549. The molecule has 0 aliphatic carbocycles. The fourth-order valence-electron chi connectivity index (χ4n) is 1.65. The lowest BCUT2D eigenvalue weighted by molar-refractivity contribution is -0.637. The van der Waals surface area contributed by atoms with E-state index in [2.05, 4.69) is 15.4 Å². The lowest BCUT2D eigenvalue weighted by Gasteiger charge is -1.93. The molecule has 0 spiro atoms. The molecule has 5 heteroatoms. The molecule has 0 radical (unpaired) electrons. The highest BCUT2D eigenvalue weighted by molar-refractivity contribution is 5.22. The van der Waals surface area contributed by atoms with Crippen molar-refractivity contribution in [2.45, 2.75) is 0 Å². The molecule has 0 fully saturated rings. The molecule has 0 unspecified atom stereocenters. The molecule has 0 aliphatic heterocycles. The maximum absolute atomic E-state index is 4.10. The van der Waals surface area contributed by atoms with Crippen LogP contribution in [0.5, 0.6) is 0 Å². The van der Waals surface area contributed by atoms with Crippen molar-refractivity contribution in [3.63, 3.8) is 0 Å². The summed E-state index contributed by atoms with van der Waals surface area (Å²) < 4.78 is 3.86. The highest BCUT2D eigenvalue weighted by atomic mass is 15.4. The fraction of sp³-hybridized carbons (Fsp3) is 0. The average Bonchev–Trinajstić information content (AvgIpc) is 2.90. The summed E-state index contributed by atoms with van der Waals surface area (Å²) in [5.74, 6) is 1.60. The molecule has 82 valence electrons. The van der Waals surface area contributed by atoms with Crippen LogP contribution in [0.15, 0.2) is 61.2 Å². The Morgan fingerprint density at radius 2 is 1.35 bits per heavy atom. The molecule has 1 N–H and O–H groups in total. The van der Waals surface area contributed by atoms with Crippen LogP contribution in [0, 0.1) is 0 Å². The van der Waals surface area contributed by atoms with Gasteiger partial charge < -0.3 is 0 Å². The van der Waals surface area contributed by atoms with Crippen molar-refractivity contribution in [2.24, 2.45) is 0 Å². The number of H-pyrrole nitrogens is 1. The van der Waals surface area contributed by atoms with Gasteiger partial charge in [0.2, 0.25) is 0 Å². The summed E-state index contributed by atoms with van der Waals surface area (Å²) in [7, 11) is 0. The number of aromatic nitrogens is 5. The van der Waals surface area contributed by atoms with E-state index < -0.39 is 0 Å². The molecule has 5 nitrogen and oxygen atoms in total. The van der Waals surface area contributed by atoms with Gasteiger partial charge in [0.25, 0.3) is 0 Å². The van der Waals surface area contributed by atoms with Gasteiger partial charge in [-0.3, -0.25) is 0 Å². The summed E-state index contributed by atoms with van der Waals surface area (Å²) in [6.45, 7) is 0. The van der Waals surface area contributed by atoms with E-state index in [0.29, 0.717) is 0 Å². The minimum atomic E-state index is 0.766. The minimum Gasteiger partial charge on any atom is -0.198 e. The van der Waals surface area contributed by atoms with Crippen molar-refractivity contribution < 1.29 is 9.13 Å². The predicted molar refractivity (Wildman–Crippen MR) is 59.4 cm³/mol. The van der Waals surface area contributed by atoms with E-state index in [4.69, 9.17) is 0 Å². The molecule has 0 saturated heterocycles. The van der Waals surface area contributed by atoms with Crippen LogP contribution in [0.3, 0.4) is 0 Å². The number of hydrogen-bond acceptors (Lipinski definition) is 2. The van der Waals surface area contributed by atoms with Gasteiger partial charge in [0.05, 0.1) is 24.8 Å². The molecule has 3 aromatic rings. The molecule has 0 amide bonds. The molecule has 17 heavy (non-hydrogen) atoms. The molecular formula is C12H11N5+2. The zero-order chi connectivity index (χ0) is 11.5. The fourth-order valence-corrected chi connectivity index (χ4v) is 1.65. The first kappa shape index (κ1) is 9.65. The van der Waals surface area contributed by atoms with Crippen LogP contribution in [0.1, 0.15) is 0 Å². The largest absolute Gasteiger partial charge is 0.451 e. The molecule has 3 heterocycles. The lowest BCUT2D eigenvalue weighted by atomic mass is 10.4. The van der Waals surface area contributed by atoms with Crippen LogP contribution in [-0.4, -0.2) is 15.4 Å². The van der Waals surface area contributed by atoms with Crippen LogP contribution in [0.4, 0.5) is 0 Å². The summed E-state index contributed by atoms with van der Waals surface area (Å²) in [6, 6.07) is 11.8. The van der Waals surface area contributed by atoms with Crippen molar-refractivity contribution in [1.29, 1.82) is 0 Å². The van der Waals surface area contributed by atoms with E-state index in [1.165, 1.54) is 0 Å². The predicted octanol–water partition coefficient (Wildman–Crippen LogP) is 0.358. The Morgan fingerprint density at radius 3 is 2.00 bits per heavy atom. The summed E-state index contributed by atoms with van der Waals surface area (Å²) in [5.41, 5.74) is 0. The highest BCUT2D eigenvalue weighted by Gasteiger charge is 2.26. The van der Waals surface area contributed by atoms with Crippen LogP contribution in [0.2, 0.25) is 0 Å². The van der Waals surface area contributed by atoms with E-state index in [9.17, 15) is 0 Å². The Morgan fingerprint density at radius 1 is 0.765 bits per heavy atom. The monoisotopic (exact) mass is 225 g/mol. The first-order chi connectivity index (χ1) is 8.45. The summed E-state index contributed by atoms with van der Waals surface area (Å²) in [6.07, 6.45) is 7.76. The Balaban J connectivity index is 2.13. The van der Waals surface area contributed by atoms with Gasteiger partial charge in [-0.25, -0.2) is 0 Å². The van der Waals surface area contributed by atoms with E-state index in [-0.39, 0.29) is 0 Å². The van der Waals surface area contributed by atoms with Crippen LogP contribution in [-0.2, 0) is 0 Å². The van der Waals surface area contributed by atoms with Gasteiger partial charge >= 0.3 is 11.6 Å². The third kappa shape index (κ3) is 1.78. The van der Waals surface area contributed by atoms with Crippen LogP contribution < -0.4 is 9.13 Å². The summed E-state index contributed by atoms with van der Waals surface area (Å²) in [4.78, 5) is 0. The van der Waals surface area contributed by atoms with Crippen molar-refractivity contribution >= 4 is 0 Å². The number of rotatable bonds is 2. The van der Waals surface area contributed by atoms with Crippen LogP contribution in [0.25, 0.3) is 11.6 Å². The topological polar surface area (TPSA) is 49.3 Å². The molecule has 3 aromatic heterocycles. The maximum Gasteiger partial charge on any atom is 0.451 e. The molecule has 3 rings (SSSR count). The van der Waals surface area contributed by atoms with E-state index in [1.807, 2.05) is 70.3 Å². The maximum atomic E-state index is 4.10. The van der Waals surface area contributed by atoms with Gasteiger partial charge in [-0.05, 0) is 24.3 Å². The second-order valence-corrected chi connectivity index (χ2v) is 3.55. The standard InChI is InChI=1S/C12H11N5/c1-3-7-16(8-4-1)11-12(14-15-13-11)17-9-5-2-6-10-17/h1-10H,(H,13,14,15)/q+2. The van der Waals surface area contributed by atoms with Crippen LogP contribution >= 0.6 is 0 Å². The highest BCUT2D eigenvalue weighted by Crippen LogP contribution is 1.99. The zero-order valence-corrected chi connectivity index (χ0v) is 9.06. The van der Waals surface area contributed by atoms with Gasteiger partial charge in [0, 0.05) is 0 Å². The van der Waals surface area contributed by atoms with E-state index in [1.54, 1.807) is 0 Å². The number of hydrogen-bond donors (Lipinski definition) is 1. The summed E-state index contributed by atoms with van der Waals surface area (Å²) >= 11 is 0. The van der Waals surface area contributed by atoms with Crippen molar-refractivity contribution in [2.75, 3.05) is 0 Å². The quantitative estimate of drug-likeness (QED) is 0.640. The normalized spacial score (nSPS) is 10.4. The number of nitrogens with one attached hydrogen (secondary N) is 1. The molecule has 0 aliphatic rings. The smallest absolute Gasteiger partial charge is 0.198 e. The van der Waals surface area contributed by atoms with Crippen molar-refractivity contribution in [3.8, 4) is 11.6 Å².